The maximum Gasteiger partial charge on any atom is 0.348 e. The number of hydrogen-bond acceptors (Lipinski definition) is 4. The quantitative estimate of drug-likeness (QED) is 0.225. The molecule has 1 aromatic heterocycles. The fraction of sp³-hybridized carbons (Fsp3) is 0.773. The van der Waals surface area contributed by atoms with Crippen LogP contribution in [0.4, 0.5) is 5.69 Å². The molecule has 0 aliphatic heterocycles. The lowest BCUT2D eigenvalue weighted by Crippen LogP contribution is -2.01. The maximum absolute atomic E-state index is 11.4. The number of nitrogens with one attached hydrogen (secondary N) is 1. The van der Waals surface area contributed by atoms with Crippen molar-refractivity contribution in [2.45, 2.75) is 96.8 Å². The minimum Gasteiger partial charge on any atom is -0.465 e. The van der Waals surface area contributed by atoms with Gasteiger partial charge in [-0.15, -0.1) is 11.3 Å². The lowest BCUT2D eigenvalue weighted by molar-refractivity contribution is 0.0606. The first-order valence-electron chi connectivity index (χ1n) is 10.7. The third-order valence-electron chi connectivity index (χ3n) is 4.85. The second-order valence-corrected chi connectivity index (χ2v) is 8.13. The summed E-state index contributed by atoms with van der Waals surface area (Å²) in [6.07, 6.45) is 19.4. The van der Waals surface area contributed by atoms with E-state index in [4.69, 9.17) is 4.74 Å². The fourth-order valence-electron chi connectivity index (χ4n) is 3.19. The van der Waals surface area contributed by atoms with E-state index < -0.39 is 0 Å². The van der Waals surface area contributed by atoms with Crippen LogP contribution in [0, 0.1) is 0 Å². The fourth-order valence-corrected chi connectivity index (χ4v) is 3.97. The Morgan fingerprint density at radius 3 is 1.88 bits per heavy atom. The van der Waals surface area contributed by atoms with Gasteiger partial charge >= 0.3 is 5.97 Å². The second-order valence-electron chi connectivity index (χ2n) is 7.21. The zero-order valence-electron chi connectivity index (χ0n) is 17.0. The van der Waals surface area contributed by atoms with Gasteiger partial charge in [0.25, 0.3) is 0 Å². The molecule has 1 aromatic rings. The molecule has 0 aliphatic carbocycles. The van der Waals surface area contributed by atoms with E-state index in [9.17, 15) is 4.79 Å². The number of unbranched alkanes of at least 4 members (excludes halogenated alkanes) is 13. The van der Waals surface area contributed by atoms with E-state index in [1.807, 2.05) is 11.4 Å². The van der Waals surface area contributed by atoms with Crippen molar-refractivity contribution in [2.75, 3.05) is 19.0 Å². The smallest absolute Gasteiger partial charge is 0.348 e. The Kier molecular flexibility index (Phi) is 14.3. The Morgan fingerprint density at radius 1 is 0.885 bits per heavy atom. The van der Waals surface area contributed by atoms with Crippen LogP contribution in [0.2, 0.25) is 0 Å². The highest BCUT2D eigenvalue weighted by Crippen LogP contribution is 2.20. The molecule has 0 atom stereocenters. The van der Waals surface area contributed by atoms with Crippen molar-refractivity contribution in [1.29, 1.82) is 0 Å². The zero-order valence-corrected chi connectivity index (χ0v) is 17.8. The summed E-state index contributed by atoms with van der Waals surface area (Å²) in [6.45, 7) is 3.26. The summed E-state index contributed by atoms with van der Waals surface area (Å²) in [4.78, 5) is 12.1. The highest BCUT2D eigenvalue weighted by Gasteiger charge is 2.08. The van der Waals surface area contributed by atoms with E-state index in [0.717, 1.165) is 12.2 Å². The highest BCUT2D eigenvalue weighted by molar-refractivity contribution is 7.12. The number of hydrogen-bond donors (Lipinski definition) is 1. The predicted octanol–water partition coefficient (Wildman–Crippen LogP) is 7.43. The average Bonchev–Trinajstić information content (AvgIpc) is 3.13. The van der Waals surface area contributed by atoms with Gasteiger partial charge in [-0.2, -0.15) is 0 Å². The molecule has 0 saturated carbocycles. The number of carbonyl (C=O) groups is 1. The molecule has 0 fully saturated rings. The van der Waals surface area contributed by atoms with Crippen molar-refractivity contribution in [1.82, 2.24) is 0 Å². The van der Waals surface area contributed by atoms with E-state index in [1.54, 1.807) is 0 Å². The molecule has 0 saturated heterocycles. The molecule has 0 spiro atoms. The summed E-state index contributed by atoms with van der Waals surface area (Å²) >= 11 is 1.43. The minimum absolute atomic E-state index is 0.250. The third-order valence-corrected chi connectivity index (χ3v) is 5.76. The third kappa shape index (κ3) is 11.6. The second kappa shape index (κ2) is 16.2. The largest absolute Gasteiger partial charge is 0.465 e. The van der Waals surface area contributed by atoms with Gasteiger partial charge in [0.1, 0.15) is 4.88 Å². The first-order chi connectivity index (χ1) is 12.8. The summed E-state index contributed by atoms with van der Waals surface area (Å²) in [5.74, 6) is -0.250. The van der Waals surface area contributed by atoms with Crippen molar-refractivity contribution in [3.05, 3.63) is 16.3 Å². The Bertz CT molecular complexity index is 459. The van der Waals surface area contributed by atoms with E-state index in [0.29, 0.717) is 4.88 Å². The molecule has 0 radical (unpaired) electrons. The summed E-state index contributed by atoms with van der Waals surface area (Å²) in [6, 6.07) is 1.88. The van der Waals surface area contributed by atoms with E-state index in [-0.39, 0.29) is 5.97 Å². The number of esters is 1. The first-order valence-corrected chi connectivity index (χ1v) is 11.6. The van der Waals surface area contributed by atoms with Gasteiger partial charge in [-0.25, -0.2) is 4.79 Å². The van der Waals surface area contributed by atoms with Gasteiger partial charge < -0.3 is 10.1 Å². The van der Waals surface area contributed by atoms with Gasteiger partial charge in [0.05, 0.1) is 7.11 Å². The molecule has 0 unspecified atom stereocenters. The van der Waals surface area contributed by atoms with Gasteiger partial charge in [-0.1, -0.05) is 90.4 Å². The number of anilines is 1. The summed E-state index contributed by atoms with van der Waals surface area (Å²) in [5, 5.41) is 5.37. The Labute approximate surface area is 164 Å². The minimum atomic E-state index is -0.250. The van der Waals surface area contributed by atoms with Gasteiger partial charge in [0.15, 0.2) is 0 Å². The van der Waals surface area contributed by atoms with Crippen LogP contribution in [-0.2, 0) is 4.74 Å². The van der Waals surface area contributed by atoms with Crippen LogP contribution in [0.5, 0.6) is 0 Å². The topological polar surface area (TPSA) is 38.3 Å². The SMILES string of the molecule is CCCCCCCCCCCCCCCCNc1csc(C(=O)OC)c1. The number of methoxy groups -OCH3 is 1. The Hall–Kier alpha value is -1.03. The van der Waals surface area contributed by atoms with Crippen LogP contribution in [0.3, 0.4) is 0 Å². The van der Waals surface area contributed by atoms with Crippen LogP contribution in [0.25, 0.3) is 0 Å². The van der Waals surface area contributed by atoms with Crippen LogP contribution < -0.4 is 5.32 Å². The summed E-state index contributed by atoms with van der Waals surface area (Å²) in [5.41, 5.74) is 1.03. The highest BCUT2D eigenvalue weighted by atomic mass is 32.1. The molecule has 1 rings (SSSR count). The van der Waals surface area contributed by atoms with Crippen molar-refractivity contribution in [3.8, 4) is 0 Å². The molecule has 1 heterocycles. The normalized spacial score (nSPS) is 10.8. The van der Waals surface area contributed by atoms with Gasteiger partial charge in [-0.3, -0.25) is 0 Å². The molecule has 0 aromatic carbocycles. The van der Waals surface area contributed by atoms with E-state index >= 15 is 0 Å². The maximum atomic E-state index is 11.4. The lowest BCUT2D eigenvalue weighted by Gasteiger charge is -2.04. The first kappa shape index (κ1) is 23.0. The van der Waals surface area contributed by atoms with Gasteiger partial charge in [-0.05, 0) is 12.5 Å². The number of rotatable bonds is 17. The number of thiophene rings is 1. The van der Waals surface area contributed by atoms with Gasteiger partial charge in [0, 0.05) is 17.6 Å². The molecule has 4 heteroatoms. The molecular formula is C22H39NO2S. The standard InChI is InChI=1S/C22H39NO2S/c1-3-4-5-6-7-8-9-10-11-12-13-14-15-16-17-23-20-18-21(26-19-20)22(24)25-2/h18-19,23H,3-17H2,1-2H3. The van der Waals surface area contributed by atoms with Crippen molar-refractivity contribution < 1.29 is 9.53 Å². The molecule has 26 heavy (non-hydrogen) atoms. The molecule has 150 valence electrons. The molecule has 1 N–H and O–H groups in total. The van der Waals surface area contributed by atoms with Gasteiger partial charge in [0.2, 0.25) is 0 Å². The number of ether oxygens (including phenoxy) is 1. The Morgan fingerprint density at radius 2 is 1.38 bits per heavy atom. The molecule has 0 bridgehead atoms. The lowest BCUT2D eigenvalue weighted by atomic mass is 10.0. The zero-order chi connectivity index (χ0) is 18.9. The van der Waals surface area contributed by atoms with Crippen LogP contribution in [0.15, 0.2) is 11.4 Å². The summed E-state index contributed by atoms with van der Waals surface area (Å²) < 4.78 is 4.72. The average molecular weight is 382 g/mol. The molecular weight excluding hydrogens is 342 g/mol. The summed E-state index contributed by atoms with van der Waals surface area (Å²) in [7, 11) is 1.42. The molecule has 3 nitrogen and oxygen atoms in total. The molecule has 0 aliphatic rings. The van der Waals surface area contributed by atoms with Crippen molar-refractivity contribution in [2.24, 2.45) is 0 Å². The van der Waals surface area contributed by atoms with Crippen LogP contribution in [-0.4, -0.2) is 19.6 Å². The van der Waals surface area contributed by atoms with E-state index in [2.05, 4.69) is 12.2 Å². The van der Waals surface area contributed by atoms with Crippen LogP contribution in [0.1, 0.15) is 106 Å². The van der Waals surface area contributed by atoms with Crippen LogP contribution >= 0.6 is 11.3 Å². The van der Waals surface area contributed by atoms with Crippen molar-refractivity contribution >= 4 is 23.0 Å². The Balaban J connectivity index is 1.82. The predicted molar refractivity (Wildman–Crippen MR) is 114 cm³/mol. The molecule has 0 amide bonds. The number of carbonyl (C=O) groups excluding carboxylic acids is 1. The van der Waals surface area contributed by atoms with E-state index in [1.165, 1.54) is 108 Å². The monoisotopic (exact) mass is 381 g/mol. The van der Waals surface area contributed by atoms with Crippen molar-refractivity contribution in [3.63, 3.8) is 0 Å².